The summed E-state index contributed by atoms with van der Waals surface area (Å²) in [4.78, 5) is 10.6. The summed E-state index contributed by atoms with van der Waals surface area (Å²) in [7, 11) is 0. The minimum Gasteiger partial charge on any atom is -0.321 e. The highest BCUT2D eigenvalue weighted by molar-refractivity contribution is 5.93. The van der Waals surface area contributed by atoms with Gasteiger partial charge >= 0.3 is 6.43 Å². The molecule has 0 spiro atoms. The topological polar surface area (TPSA) is 29.1 Å². The maximum Gasteiger partial charge on any atom is 0.315 e. The lowest BCUT2D eigenvalue weighted by Crippen LogP contribution is -2.20. The molecule has 0 bridgehead atoms. The summed E-state index contributed by atoms with van der Waals surface area (Å²) in [5.41, 5.74) is 2.41. The van der Waals surface area contributed by atoms with Gasteiger partial charge in [-0.1, -0.05) is 6.07 Å². The Morgan fingerprint density at radius 1 is 1.29 bits per heavy atom. The van der Waals surface area contributed by atoms with E-state index in [1.54, 1.807) is 18.2 Å². The number of halogens is 2. The molecular formula is C10H11F2NO. The van der Waals surface area contributed by atoms with E-state index in [0.29, 0.717) is 5.69 Å². The second kappa shape index (κ2) is 4.17. The molecule has 1 amide bonds. The van der Waals surface area contributed by atoms with Crippen molar-refractivity contribution in [1.29, 1.82) is 0 Å². The molecular weight excluding hydrogens is 188 g/mol. The van der Waals surface area contributed by atoms with Crippen LogP contribution in [0.5, 0.6) is 0 Å². The van der Waals surface area contributed by atoms with Crippen molar-refractivity contribution in [3.05, 3.63) is 29.3 Å². The predicted molar refractivity (Wildman–Crippen MR) is 50.5 cm³/mol. The number of carbonyl (C=O) groups is 1. The number of hydrogen-bond donors (Lipinski definition) is 1. The van der Waals surface area contributed by atoms with Crippen LogP contribution in [0, 0.1) is 13.8 Å². The van der Waals surface area contributed by atoms with E-state index in [2.05, 4.69) is 5.32 Å². The maximum atomic E-state index is 11.9. The molecule has 0 aliphatic rings. The monoisotopic (exact) mass is 199 g/mol. The number of benzene rings is 1. The molecule has 1 aromatic carbocycles. The average molecular weight is 199 g/mol. The molecule has 0 saturated heterocycles. The Kier molecular flexibility index (Phi) is 3.17. The minimum absolute atomic E-state index is 0.401. The highest BCUT2D eigenvalue weighted by Gasteiger charge is 2.14. The maximum absolute atomic E-state index is 11.9. The Morgan fingerprint density at radius 3 is 2.43 bits per heavy atom. The van der Waals surface area contributed by atoms with Crippen LogP contribution in [0.4, 0.5) is 14.5 Å². The molecule has 0 aliphatic heterocycles. The summed E-state index contributed by atoms with van der Waals surface area (Å²) in [6.45, 7) is 3.77. The third-order valence-corrected chi connectivity index (χ3v) is 1.97. The zero-order chi connectivity index (χ0) is 10.7. The van der Waals surface area contributed by atoms with Crippen LogP contribution in [0.3, 0.4) is 0 Å². The van der Waals surface area contributed by atoms with Crippen LogP contribution in [0.1, 0.15) is 11.1 Å². The fraction of sp³-hybridized carbons (Fsp3) is 0.300. The zero-order valence-electron chi connectivity index (χ0n) is 7.97. The molecule has 76 valence electrons. The second-order valence-corrected chi connectivity index (χ2v) is 3.09. The molecule has 0 heterocycles. The number of hydrogen-bond acceptors (Lipinski definition) is 1. The fourth-order valence-electron chi connectivity index (χ4n) is 1.02. The first kappa shape index (κ1) is 10.6. The van der Waals surface area contributed by atoms with Crippen molar-refractivity contribution in [2.75, 3.05) is 5.32 Å². The molecule has 1 N–H and O–H groups in total. The van der Waals surface area contributed by atoms with Gasteiger partial charge in [0.2, 0.25) is 0 Å². The Labute approximate surface area is 80.9 Å². The molecule has 0 radical (unpaired) electrons. The standard InChI is InChI=1S/C10H11F2NO/c1-6-3-4-8(5-7(6)2)13-10(14)9(11)12/h3-5,9H,1-2H3,(H,13,14). The number of anilines is 1. The van der Waals surface area contributed by atoms with Crippen molar-refractivity contribution in [1.82, 2.24) is 0 Å². The summed E-state index contributed by atoms with van der Waals surface area (Å²) in [5, 5.41) is 2.12. The number of amides is 1. The summed E-state index contributed by atoms with van der Waals surface area (Å²) in [6.07, 6.45) is -2.98. The Morgan fingerprint density at radius 2 is 1.93 bits per heavy atom. The lowest BCUT2D eigenvalue weighted by Gasteiger charge is -2.06. The van der Waals surface area contributed by atoms with Crippen LogP contribution in [-0.4, -0.2) is 12.3 Å². The first-order valence-electron chi connectivity index (χ1n) is 4.17. The molecule has 0 saturated carbocycles. The van der Waals surface area contributed by atoms with E-state index in [-0.39, 0.29) is 0 Å². The highest BCUT2D eigenvalue weighted by atomic mass is 19.3. The van der Waals surface area contributed by atoms with E-state index in [0.717, 1.165) is 11.1 Å². The molecule has 0 fully saturated rings. The van der Waals surface area contributed by atoms with E-state index < -0.39 is 12.3 Å². The minimum atomic E-state index is -2.98. The fourth-order valence-corrected chi connectivity index (χ4v) is 1.02. The lowest BCUT2D eigenvalue weighted by atomic mass is 10.1. The van der Waals surface area contributed by atoms with Crippen LogP contribution >= 0.6 is 0 Å². The highest BCUT2D eigenvalue weighted by Crippen LogP contribution is 2.14. The summed E-state index contributed by atoms with van der Waals surface area (Å²) < 4.78 is 23.8. The van der Waals surface area contributed by atoms with Gasteiger partial charge in [-0.05, 0) is 37.1 Å². The van der Waals surface area contributed by atoms with Crippen molar-refractivity contribution in [2.24, 2.45) is 0 Å². The van der Waals surface area contributed by atoms with Crippen molar-refractivity contribution >= 4 is 11.6 Å². The number of nitrogens with one attached hydrogen (secondary N) is 1. The van der Waals surface area contributed by atoms with Gasteiger partial charge < -0.3 is 5.32 Å². The van der Waals surface area contributed by atoms with E-state index in [1.807, 2.05) is 13.8 Å². The van der Waals surface area contributed by atoms with Crippen LogP contribution in [0.2, 0.25) is 0 Å². The van der Waals surface area contributed by atoms with Gasteiger partial charge in [0.25, 0.3) is 5.91 Å². The first-order chi connectivity index (χ1) is 6.50. The Bertz CT molecular complexity index is 350. The number of rotatable bonds is 2. The number of carbonyl (C=O) groups excluding carboxylic acids is 1. The summed E-state index contributed by atoms with van der Waals surface area (Å²) >= 11 is 0. The van der Waals surface area contributed by atoms with Gasteiger partial charge in [0.15, 0.2) is 0 Å². The van der Waals surface area contributed by atoms with Gasteiger partial charge in [0, 0.05) is 5.69 Å². The SMILES string of the molecule is Cc1ccc(NC(=O)C(F)F)cc1C. The Balaban J connectivity index is 2.78. The van der Waals surface area contributed by atoms with Gasteiger partial charge in [-0.15, -0.1) is 0 Å². The third kappa shape index (κ3) is 2.52. The van der Waals surface area contributed by atoms with Crippen molar-refractivity contribution in [2.45, 2.75) is 20.3 Å². The van der Waals surface area contributed by atoms with E-state index >= 15 is 0 Å². The lowest BCUT2D eigenvalue weighted by molar-refractivity contribution is -0.126. The van der Waals surface area contributed by atoms with Crippen molar-refractivity contribution in [3.63, 3.8) is 0 Å². The molecule has 0 aromatic heterocycles. The summed E-state index contributed by atoms with van der Waals surface area (Å²) in [5.74, 6) is -1.27. The van der Waals surface area contributed by atoms with Crippen molar-refractivity contribution in [3.8, 4) is 0 Å². The quantitative estimate of drug-likeness (QED) is 0.779. The van der Waals surface area contributed by atoms with Crippen LogP contribution in [0.15, 0.2) is 18.2 Å². The molecule has 1 aromatic rings. The molecule has 2 nitrogen and oxygen atoms in total. The van der Waals surface area contributed by atoms with Crippen LogP contribution in [0.25, 0.3) is 0 Å². The van der Waals surface area contributed by atoms with Gasteiger partial charge in [0.05, 0.1) is 0 Å². The van der Waals surface area contributed by atoms with Gasteiger partial charge in [-0.3, -0.25) is 4.79 Å². The Hall–Kier alpha value is -1.45. The first-order valence-corrected chi connectivity index (χ1v) is 4.17. The average Bonchev–Trinajstić information content (AvgIpc) is 2.11. The smallest absolute Gasteiger partial charge is 0.315 e. The van der Waals surface area contributed by atoms with E-state index in [1.165, 1.54) is 0 Å². The molecule has 0 atom stereocenters. The van der Waals surface area contributed by atoms with Crippen molar-refractivity contribution < 1.29 is 13.6 Å². The molecule has 4 heteroatoms. The third-order valence-electron chi connectivity index (χ3n) is 1.97. The zero-order valence-corrected chi connectivity index (χ0v) is 7.97. The normalized spacial score (nSPS) is 10.4. The molecule has 14 heavy (non-hydrogen) atoms. The number of alkyl halides is 2. The van der Waals surface area contributed by atoms with Gasteiger partial charge in [0.1, 0.15) is 0 Å². The van der Waals surface area contributed by atoms with Crippen LogP contribution in [-0.2, 0) is 4.79 Å². The molecule has 1 rings (SSSR count). The largest absolute Gasteiger partial charge is 0.321 e. The summed E-state index contributed by atoms with van der Waals surface area (Å²) in [6, 6.07) is 5.04. The molecule has 0 aliphatic carbocycles. The predicted octanol–water partition coefficient (Wildman–Crippen LogP) is 2.51. The van der Waals surface area contributed by atoms with Gasteiger partial charge in [-0.2, -0.15) is 8.78 Å². The second-order valence-electron chi connectivity index (χ2n) is 3.09. The van der Waals surface area contributed by atoms with E-state index in [4.69, 9.17) is 0 Å². The number of aryl methyl sites for hydroxylation is 2. The van der Waals surface area contributed by atoms with Gasteiger partial charge in [-0.25, -0.2) is 0 Å². The van der Waals surface area contributed by atoms with E-state index in [9.17, 15) is 13.6 Å². The van der Waals surface area contributed by atoms with Crippen LogP contribution < -0.4 is 5.32 Å². The molecule has 0 unspecified atom stereocenters.